The van der Waals surface area contributed by atoms with Gasteiger partial charge in [0.2, 0.25) is 5.91 Å². The first-order chi connectivity index (χ1) is 18.0. The van der Waals surface area contributed by atoms with Gasteiger partial charge in [0.15, 0.2) is 0 Å². The molecule has 0 saturated carbocycles. The molecule has 1 aliphatic heterocycles. The first kappa shape index (κ1) is 26.7. The van der Waals surface area contributed by atoms with E-state index >= 15 is 0 Å². The Bertz CT molecular complexity index is 1180. The van der Waals surface area contributed by atoms with Crippen molar-refractivity contribution in [2.45, 2.75) is 30.2 Å². The number of methoxy groups -OCH3 is 1. The minimum absolute atomic E-state index is 0.0662. The highest BCUT2D eigenvalue weighted by Crippen LogP contribution is 2.27. The third-order valence-corrected chi connectivity index (χ3v) is 7.48. The number of hydrogen-bond donors (Lipinski definition) is 2. The Morgan fingerprint density at radius 3 is 2.38 bits per heavy atom. The van der Waals surface area contributed by atoms with E-state index in [1.54, 1.807) is 13.2 Å². The van der Waals surface area contributed by atoms with Gasteiger partial charge in [-0.3, -0.25) is 14.5 Å². The summed E-state index contributed by atoms with van der Waals surface area (Å²) < 4.78 is 18.4. The normalized spacial score (nSPS) is 14.5. The molecule has 1 unspecified atom stereocenters. The first-order valence-corrected chi connectivity index (χ1v) is 13.5. The lowest BCUT2D eigenvalue weighted by Crippen LogP contribution is -2.40. The molecule has 1 fully saturated rings. The van der Waals surface area contributed by atoms with Crippen molar-refractivity contribution in [1.29, 1.82) is 0 Å². The van der Waals surface area contributed by atoms with Crippen LogP contribution in [0.1, 0.15) is 41.2 Å². The zero-order valence-corrected chi connectivity index (χ0v) is 21.7. The fourth-order valence-corrected chi connectivity index (χ4v) is 5.30. The van der Waals surface area contributed by atoms with Crippen molar-refractivity contribution >= 4 is 29.3 Å². The lowest BCUT2D eigenvalue weighted by Gasteiger charge is -2.35. The Morgan fingerprint density at radius 1 is 0.973 bits per heavy atom. The number of nitrogens with one attached hydrogen (secondary N) is 2. The van der Waals surface area contributed by atoms with Gasteiger partial charge in [-0.2, -0.15) is 0 Å². The smallest absolute Gasteiger partial charge is 0.252 e. The summed E-state index contributed by atoms with van der Waals surface area (Å²) >= 11 is 1.30. The van der Waals surface area contributed by atoms with Crippen LogP contribution in [0.2, 0.25) is 0 Å². The Morgan fingerprint density at radius 2 is 1.68 bits per heavy atom. The number of anilines is 1. The van der Waals surface area contributed by atoms with Crippen LogP contribution in [0, 0.1) is 5.82 Å². The van der Waals surface area contributed by atoms with Gasteiger partial charge < -0.3 is 15.4 Å². The van der Waals surface area contributed by atoms with Gasteiger partial charge in [-0.15, -0.1) is 11.8 Å². The molecule has 4 rings (SSSR count). The van der Waals surface area contributed by atoms with Crippen LogP contribution < -0.4 is 15.4 Å². The molecule has 8 heteroatoms. The molecule has 1 saturated heterocycles. The van der Waals surface area contributed by atoms with E-state index in [1.807, 2.05) is 30.3 Å². The number of rotatable bonds is 10. The largest absolute Gasteiger partial charge is 0.497 e. The van der Waals surface area contributed by atoms with Crippen LogP contribution in [0.4, 0.5) is 10.1 Å². The van der Waals surface area contributed by atoms with Crippen LogP contribution in [0.5, 0.6) is 5.75 Å². The van der Waals surface area contributed by atoms with Crippen LogP contribution in [-0.2, 0) is 4.79 Å². The van der Waals surface area contributed by atoms with Crippen molar-refractivity contribution in [2.75, 3.05) is 37.8 Å². The summed E-state index contributed by atoms with van der Waals surface area (Å²) in [6.07, 6.45) is 3.54. The SMILES string of the molecule is COc1ccc(C(CNC(=O)c2ccccc2SCC(=O)Nc2ccc(F)cc2)N2CCCCC2)cc1. The highest BCUT2D eigenvalue weighted by atomic mass is 32.2. The molecule has 3 aromatic rings. The zero-order valence-electron chi connectivity index (χ0n) is 20.9. The summed E-state index contributed by atoms with van der Waals surface area (Å²) in [4.78, 5) is 28.8. The Labute approximate surface area is 221 Å². The van der Waals surface area contributed by atoms with E-state index in [1.165, 1.54) is 42.4 Å². The predicted octanol–water partition coefficient (Wildman–Crippen LogP) is 5.52. The molecular formula is C29H32FN3O3S. The van der Waals surface area contributed by atoms with E-state index < -0.39 is 0 Å². The van der Waals surface area contributed by atoms with Gasteiger partial charge in [0.05, 0.1) is 24.5 Å². The van der Waals surface area contributed by atoms with Gasteiger partial charge in [0, 0.05) is 17.1 Å². The molecule has 1 heterocycles. The molecule has 6 nitrogen and oxygen atoms in total. The summed E-state index contributed by atoms with van der Waals surface area (Å²) in [5.74, 6) is 0.180. The second-order valence-electron chi connectivity index (χ2n) is 8.94. The average molecular weight is 522 g/mol. The van der Waals surface area contributed by atoms with Gasteiger partial charge in [0.1, 0.15) is 11.6 Å². The molecule has 3 aromatic carbocycles. The van der Waals surface area contributed by atoms with Crippen molar-refractivity contribution < 1.29 is 18.7 Å². The molecule has 0 aliphatic carbocycles. The molecule has 1 aliphatic rings. The van der Waals surface area contributed by atoms with Crippen LogP contribution in [0.3, 0.4) is 0 Å². The number of nitrogens with zero attached hydrogens (tertiary/aromatic N) is 1. The molecule has 1 atom stereocenters. The molecule has 37 heavy (non-hydrogen) atoms. The maximum atomic E-state index is 13.3. The van der Waals surface area contributed by atoms with Gasteiger partial charge in [-0.25, -0.2) is 4.39 Å². The number of benzene rings is 3. The molecule has 0 aromatic heterocycles. The average Bonchev–Trinajstić information content (AvgIpc) is 2.94. The lowest BCUT2D eigenvalue weighted by molar-refractivity contribution is -0.113. The molecule has 0 bridgehead atoms. The van der Waals surface area contributed by atoms with E-state index in [2.05, 4.69) is 27.7 Å². The van der Waals surface area contributed by atoms with Crippen molar-refractivity contribution in [3.63, 3.8) is 0 Å². The number of hydrogen-bond acceptors (Lipinski definition) is 5. The molecule has 2 N–H and O–H groups in total. The van der Waals surface area contributed by atoms with Crippen LogP contribution >= 0.6 is 11.8 Å². The van der Waals surface area contributed by atoms with Gasteiger partial charge in [-0.1, -0.05) is 30.7 Å². The predicted molar refractivity (Wildman–Crippen MR) is 146 cm³/mol. The summed E-state index contributed by atoms with van der Waals surface area (Å²) in [5.41, 5.74) is 2.21. The second-order valence-corrected chi connectivity index (χ2v) is 9.95. The highest BCUT2D eigenvalue weighted by molar-refractivity contribution is 8.00. The van der Waals surface area contributed by atoms with E-state index in [0.717, 1.165) is 42.1 Å². The topological polar surface area (TPSA) is 70.7 Å². The maximum absolute atomic E-state index is 13.3. The number of likely N-dealkylation sites (tertiary alicyclic amines) is 1. The number of amides is 2. The lowest BCUT2D eigenvalue weighted by atomic mass is 10.0. The molecular weight excluding hydrogens is 489 g/mol. The monoisotopic (exact) mass is 521 g/mol. The number of ether oxygens (including phenoxy) is 1. The fraction of sp³-hybridized carbons (Fsp3) is 0.310. The fourth-order valence-electron chi connectivity index (χ4n) is 4.45. The highest BCUT2D eigenvalue weighted by Gasteiger charge is 2.24. The van der Waals surface area contributed by atoms with E-state index in [0.29, 0.717) is 17.8 Å². The second kappa shape index (κ2) is 13.3. The summed E-state index contributed by atoms with van der Waals surface area (Å²) in [5, 5.41) is 5.88. The summed E-state index contributed by atoms with van der Waals surface area (Å²) in [7, 11) is 1.65. The third-order valence-electron chi connectivity index (χ3n) is 6.41. The number of carbonyl (C=O) groups excluding carboxylic acids is 2. The van der Waals surface area contributed by atoms with Crippen molar-refractivity contribution in [1.82, 2.24) is 10.2 Å². The van der Waals surface area contributed by atoms with E-state index in [-0.39, 0.29) is 29.4 Å². The molecule has 0 radical (unpaired) electrons. The number of thioether (sulfide) groups is 1. The van der Waals surface area contributed by atoms with Crippen molar-refractivity contribution in [2.24, 2.45) is 0 Å². The Kier molecular flexibility index (Phi) is 9.57. The number of halogens is 1. The molecule has 2 amide bonds. The van der Waals surface area contributed by atoms with Crippen LogP contribution in [0.25, 0.3) is 0 Å². The molecule has 0 spiro atoms. The first-order valence-electron chi connectivity index (χ1n) is 12.5. The third kappa shape index (κ3) is 7.57. The number of piperidine rings is 1. The van der Waals surface area contributed by atoms with E-state index in [4.69, 9.17) is 4.74 Å². The number of carbonyl (C=O) groups is 2. The van der Waals surface area contributed by atoms with Crippen LogP contribution in [0.15, 0.2) is 77.7 Å². The van der Waals surface area contributed by atoms with Gasteiger partial charge in [-0.05, 0) is 80.0 Å². The van der Waals surface area contributed by atoms with E-state index in [9.17, 15) is 14.0 Å². The van der Waals surface area contributed by atoms with Crippen LogP contribution in [-0.4, -0.2) is 49.2 Å². The van der Waals surface area contributed by atoms with Crippen molar-refractivity contribution in [3.05, 3.63) is 89.7 Å². The van der Waals surface area contributed by atoms with Crippen molar-refractivity contribution in [3.8, 4) is 5.75 Å². The van der Waals surface area contributed by atoms with Gasteiger partial charge in [0.25, 0.3) is 5.91 Å². The Balaban J connectivity index is 1.40. The Hall–Kier alpha value is -3.36. The summed E-state index contributed by atoms with van der Waals surface area (Å²) in [6, 6.07) is 21.0. The van der Waals surface area contributed by atoms with Gasteiger partial charge >= 0.3 is 0 Å². The quantitative estimate of drug-likeness (QED) is 0.344. The minimum Gasteiger partial charge on any atom is -0.497 e. The summed E-state index contributed by atoms with van der Waals surface area (Å²) in [6.45, 7) is 2.49. The minimum atomic E-state index is -0.359. The molecule has 194 valence electrons. The maximum Gasteiger partial charge on any atom is 0.252 e. The standard InChI is InChI=1S/C29H32FN3O3S/c1-36-24-15-9-21(10-16-24)26(33-17-5-2-6-18-33)19-31-29(35)25-7-3-4-8-27(25)37-20-28(34)32-23-13-11-22(30)12-14-23/h3-4,7-16,26H,2,5-6,17-20H2,1H3,(H,31,35)(H,32,34). The zero-order chi connectivity index (χ0) is 26.0.